The van der Waals surface area contributed by atoms with Crippen LogP contribution < -0.4 is 5.32 Å². The van der Waals surface area contributed by atoms with Crippen molar-refractivity contribution < 1.29 is 14.3 Å². The molecule has 0 saturated carbocycles. The third-order valence-corrected chi connectivity index (χ3v) is 3.51. The van der Waals surface area contributed by atoms with E-state index < -0.39 is 5.82 Å². The molecule has 1 amide bonds. The van der Waals surface area contributed by atoms with Crippen molar-refractivity contribution in [2.45, 2.75) is 12.8 Å². The van der Waals surface area contributed by atoms with Gasteiger partial charge in [0.2, 0.25) is 5.91 Å². The fraction of sp³-hybridized carbons (Fsp3) is 0.188. The summed E-state index contributed by atoms with van der Waals surface area (Å²) in [5.41, 5.74) is 0.881. The van der Waals surface area contributed by atoms with Crippen molar-refractivity contribution in [2.24, 2.45) is 0 Å². The standard InChI is InChI=1S/C16H14FNO2S/c17-13-6-7-15(12(10-13)4-1-2-8-19)18-16(20)11-14-5-3-9-21-14/h3,5-7,9-10,19H,2,8,11H2,(H,18,20). The van der Waals surface area contributed by atoms with Crippen LogP contribution in [-0.2, 0) is 11.2 Å². The van der Waals surface area contributed by atoms with E-state index in [1.807, 2.05) is 17.5 Å². The first-order chi connectivity index (χ1) is 10.2. The number of amides is 1. The number of aliphatic hydroxyl groups excluding tert-OH is 1. The maximum atomic E-state index is 13.3. The van der Waals surface area contributed by atoms with E-state index >= 15 is 0 Å². The predicted molar refractivity (Wildman–Crippen MR) is 81.6 cm³/mol. The molecule has 21 heavy (non-hydrogen) atoms. The molecule has 1 aromatic heterocycles. The lowest BCUT2D eigenvalue weighted by Crippen LogP contribution is -2.14. The predicted octanol–water partition coefficient (Wildman–Crippen LogP) is 2.80. The summed E-state index contributed by atoms with van der Waals surface area (Å²) in [5.74, 6) is 4.89. The molecule has 1 heterocycles. The van der Waals surface area contributed by atoms with Crippen LogP contribution in [0.25, 0.3) is 0 Å². The van der Waals surface area contributed by atoms with Gasteiger partial charge in [0.1, 0.15) is 5.82 Å². The molecule has 0 saturated heterocycles. The van der Waals surface area contributed by atoms with E-state index in [-0.39, 0.29) is 18.9 Å². The molecule has 0 aliphatic rings. The minimum Gasteiger partial charge on any atom is -0.395 e. The number of thiophene rings is 1. The molecule has 108 valence electrons. The lowest BCUT2D eigenvalue weighted by molar-refractivity contribution is -0.115. The van der Waals surface area contributed by atoms with Crippen LogP contribution in [0.4, 0.5) is 10.1 Å². The summed E-state index contributed by atoms with van der Waals surface area (Å²) in [5, 5.41) is 13.4. The zero-order chi connectivity index (χ0) is 15.1. The highest BCUT2D eigenvalue weighted by atomic mass is 32.1. The van der Waals surface area contributed by atoms with Crippen LogP contribution in [0.2, 0.25) is 0 Å². The first-order valence-corrected chi connectivity index (χ1v) is 7.28. The first kappa shape index (κ1) is 15.2. The van der Waals surface area contributed by atoms with Crippen LogP contribution in [0.15, 0.2) is 35.7 Å². The molecule has 3 nitrogen and oxygen atoms in total. The zero-order valence-electron chi connectivity index (χ0n) is 11.2. The van der Waals surface area contributed by atoms with Crippen molar-refractivity contribution in [1.82, 2.24) is 0 Å². The van der Waals surface area contributed by atoms with Gasteiger partial charge in [-0.2, -0.15) is 0 Å². The third kappa shape index (κ3) is 4.71. The highest BCUT2D eigenvalue weighted by Gasteiger charge is 2.08. The summed E-state index contributed by atoms with van der Waals surface area (Å²) in [6, 6.07) is 7.81. The number of carbonyl (C=O) groups is 1. The minimum absolute atomic E-state index is 0.0532. The SMILES string of the molecule is O=C(Cc1cccs1)Nc1ccc(F)cc1C#CCCO. The van der Waals surface area contributed by atoms with Gasteiger partial charge in [-0.25, -0.2) is 4.39 Å². The second kappa shape index (κ2) is 7.58. The Morgan fingerprint density at radius 2 is 2.24 bits per heavy atom. The normalized spacial score (nSPS) is 9.81. The van der Waals surface area contributed by atoms with E-state index in [0.717, 1.165) is 4.88 Å². The summed E-state index contributed by atoms with van der Waals surface area (Å²) in [6.45, 7) is -0.0532. The van der Waals surface area contributed by atoms with E-state index in [0.29, 0.717) is 17.7 Å². The van der Waals surface area contributed by atoms with Gasteiger partial charge in [0.05, 0.1) is 24.3 Å². The molecule has 0 bridgehead atoms. The second-order valence-corrected chi connectivity index (χ2v) is 5.30. The fourth-order valence-electron chi connectivity index (χ4n) is 1.71. The van der Waals surface area contributed by atoms with E-state index in [1.165, 1.54) is 29.5 Å². The molecule has 0 aliphatic carbocycles. The van der Waals surface area contributed by atoms with Crippen LogP contribution in [0.5, 0.6) is 0 Å². The Balaban J connectivity index is 2.12. The smallest absolute Gasteiger partial charge is 0.229 e. The second-order valence-electron chi connectivity index (χ2n) is 4.27. The quantitative estimate of drug-likeness (QED) is 0.853. The molecule has 0 spiro atoms. The summed E-state index contributed by atoms with van der Waals surface area (Å²) >= 11 is 1.51. The Kier molecular flexibility index (Phi) is 5.50. The average Bonchev–Trinajstić information content (AvgIpc) is 2.95. The van der Waals surface area contributed by atoms with Crippen molar-refractivity contribution in [2.75, 3.05) is 11.9 Å². The molecule has 0 fully saturated rings. The van der Waals surface area contributed by atoms with Gasteiger partial charge >= 0.3 is 0 Å². The minimum atomic E-state index is -0.417. The molecule has 2 N–H and O–H groups in total. The molecule has 0 aliphatic heterocycles. The highest BCUT2D eigenvalue weighted by Crippen LogP contribution is 2.17. The molecule has 0 unspecified atom stereocenters. The fourth-order valence-corrected chi connectivity index (χ4v) is 2.41. The van der Waals surface area contributed by atoms with Gasteiger partial charge in [-0.15, -0.1) is 11.3 Å². The van der Waals surface area contributed by atoms with Gasteiger partial charge in [-0.3, -0.25) is 4.79 Å². The maximum Gasteiger partial charge on any atom is 0.229 e. The Labute approximate surface area is 126 Å². The van der Waals surface area contributed by atoms with Gasteiger partial charge in [-0.05, 0) is 29.6 Å². The van der Waals surface area contributed by atoms with Crippen LogP contribution in [0.1, 0.15) is 16.9 Å². The maximum absolute atomic E-state index is 13.3. The number of halogens is 1. The van der Waals surface area contributed by atoms with Gasteiger partial charge in [0.15, 0.2) is 0 Å². The first-order valence-electron chi connectivity index (χ1n) is 6.40. The van der Waals surface area contributed by atoms with Crippen molar-refractivity contribution >= 4 is 22.9 Å². The summed E-state index contributed by atoms with van der Waals surface area (Å²) in [4.78, 5) is 12.9. The van der Waals surface area contributed by atoms with Gasteiger partial charge in [-0.1, -0.05) is 17.9 Å². The molecule has 0 atom stereocenters. The van der Waals surface area contributed by atoms with E-state index in [2.05, 4.69) is 17.2 Å². The molecular weight excluding hydrogens is 289 g/mol. The number of hydrogen-bond acceptors (Lipinski definition) is 3. The molecule has 2 aromatic rings. The van der Waals surface area contributed by atoms with Gasteiger partial charge in [0.25, 0.3) is 0 Å². The van der Waals surface area contributed by atoms with Gasteiger partial charge in [0, 0.05) is 11.3 Å². The Bertz CT molecular complexity index is 671. The van der Waals surface area contributed by atoms with Crippen molar-refractivity contribution in [3.05, 3.63) is 52.0 Å². The number of aliphatic hydroxyl groups is 1. The number of anilines is 1. The lowest BCUT2D eigenvalue weighted by Gasteiger charge is -2.07. The van der Waals surface area contributed by atoms with Crippen molar-refractivity contribution in [1.29, 1.82) is 0 Å². The van der Waals surface area contributed by atoms with Gasteiger partial charge < -0.3 is 10.4 Å². The number of nitrogens with one attached hydrogen (secondary N) is 1. The van der Waals surface area contributed by atoms with Crippen LogP contribution in [-0.4, -0.2) is 17.6 Å². The van der Waals surface area contributed by atoms with Crippen LogP contribution in [0.3, 0.4) is 0 Å². The van der Waals surface area contributed by atoms with Crippen molar-refractivity contribution in [3.63, 3.8) is 0 Å². The Morgan fingerprint density at radius 3 is 2.95 bits per heavy atom. The Hall–Kier alpha value is -2.16. The van der Waals surface area contributed by atoms with E-state index in [4.69, 9.17) is 5.11 Å². The summed E-state index contributed by atoms with van der Waals surface area (Å²) in [7, 11) is 0. The number of benzene rings is 1. The largest absolute Gasteiger partial charge is 0.395 e. The highest BCUT2D eigenvalue weighted by molar-refractivity contribution is 7.10. The molecular formula is C16H14FNO2S. The zero-order valence-corrected chi connectivity index (χ0v) is 12.0. The third-order valence-electron chi connectivity index (χ3n) is 2.63. The number of hydrogen-bond donors (Lipinski definition) is 2. The average molecular weight is 303 g/mol. The number of carbonyl (C=O) groups excluding carboxylic acids is 1. The molecule has 5 heteroatoms. The van der Waals surface area contributed by atoms with Crippen molar-refractivity contribution in [3.8, 4) is 11.8 Å². The van der Waals surface area contributed by atoms with E-state index in [9.17, 15) is 9.18 Å². The summed E-state index contributed by atoms with van der Waals surface area (Å²) in [6.07, 6.45) is 0.581. The molecule has 1 aromatic carbocycles. The molecule has 0 radical (unpaired) electrons. The monoisotopic (exact) mass is 303 g/mol. The van der Waals surface area contributed by atoms with Crippen LogP contribution >= 0.6 is 11.3 Å². The Morgan fingerprint density at radius 1 is 1.38 bits per heavy atom. The van der Waals surface area contributed by atoms with E-state index in [1.54, 1.807) is 0 Å². The molecule has 2 rings (SSSR count). The topological polar surface area (TPSA) is 49.3 Å². The number of rotatable bonds is 4. The summed E-state index contributed by atoms with van der Waals surface area (Å²) < 4.78 is 13.3. The van der Waals surface area contributed by atoms with Crippen LogP contribution in [0, 0.1) is 17.7 Å². The lowest BCUT2D eigenvalue weighted by atomic mass is 10.1.